The molecule has 0 amide bonds. The van der Waals surface area contributed by atoms with E-state index in [9.17, 15) is 8.42 Å². The van der Waals surface area contributed by atoms with Gasteiger partial charge in [0.15, 0.2) is 5.96 Å². The summed E-state index contributed by atoms with van der Waals surface area (Å²) in [5.41, 5.74) is 0.951. The Morgan fingerprint density at radius 3 is 2.65 bits per heavy atom. The number of nitrogens with one attached hydrogen (secondary N) is 1. The van der Waals surface area contributed by atoms with Crippen LogP contribution in [0, 0.1) is 0 Å². The van der Waals surface area contributed by atoms with Crippen molar-refractivity contribution in [2.24, 2.45) is 4.99 Å². The lowest BCUT2D eigenvalue weighted by atomic mass is 10.3. The second kappa shape index (κ2) is 9.89. The SMILES string of the molecule is CCN(CCCNC(=NC)N1CCN(Cc2ccon2)CC1)S(C)(=O)=O. The predicted molar refractivity (Wildman–Crippen MR) is 101 cm³/mol. The summed E-state index contributed by atoms with van der Waals surface area (Å²) >= 11 is 0. The monoisotopic (exact) mass is 386 g/mol. The zero-order valence-electron chi connectivity index (χ0n) is 15.9. The highest BCUT2D eigenvalue weighted by atomic mass is 32.2. The zero-order valence-corrected chi connectivity index (χ0v) is 16.7. The third-order valence-corrected chi connectivity index (χ3v) is 5.83. The van der Waals surface area contributed by atoms with E-state index in [4.69, 9.17) is 4.52 Å². The minimum atomic E-state index is -3.12. The number of aromatic nitrogens is 1. The van der Waals surface area contributed by atoms with E-state index in [0.29, 0.717) is 19.6 Å². The molecule has 1 aliphatic heterocycles. The normalized spacial score (nSPS) is 17.1. The third-order valence-electron chi connectivity index (χ3n) is 4.45. The zero-order chi connectivity index (χ0) is 19.0. The van der Waals surface area contributed by atoms with Gasteiger partial charge in [-0.2, -0.15) is 0 Å². The van der Waals surface area contributed by atoms with E-state index >= 15 is 0 Å². The summed E-state index contributed by atoms with van der Waals surface area (Å²) < 4.78 is 29.6. The van der Waals surface area contributed by atoms with Crippen LogP contribution >= 0.6 is 0 Å². The van der Waals surface area contributed by atoms with E-state index in [1.165, 1.54) is 10.6 Å². The summed E-state index contributed by atoms with van der Waals surface area (Å²) in [6.07, 6.45) is 3.59. The molecule has 0 atom stereocenters. The molecule has 1 saturated heterocycles. The summed E-state index contributed by atoms with van der Waals surface area (Å²) in [6, 6.07) is 1.89. The molecule has 0 radical (unpaired) electrons. The summed E-state index contributed by atoms with van der Waals surface area (Å²) in [4.78, 5) is 8.92. The molecule has 1 aromatic heterocycles. The van der Waals surface area contributed by atoms with Crippen molar-refractivity contribution in [2.45, 2.75) is 19.9 Å². The first-order valence-corrected chi connectivity index (χ1v) is 10.8. The lowest BCUT2D eigenvalue weighted by molar-refractivity contribution is 0.169. The molecular formula is C16H30N6O3S. The molecule has 2 rings (SSSR count). The first-order chi connectivity index (χ1) is 12.4. The van der Waals surface area contributed by atoms with Crippen molar-refractivity contribution in [3.63, 3.8) is 0 Å². The Hall–Kier alpha value is -1.65. The number of sulfonamides is 1. The van der Waals surface area contributed by atoms with Crippen LogP contribution < -0.4 is 5.32 Å². The summed E-state index contributed by atoms with van der Waals surface area (Å²) in [6.45, 7) is 8.02. The first-order valence-electron chi connectivity index (χ1n) is 8.96. The summed E-state index contributed by atoms with van der Waals surface area (Å²) in [7, 11) is -1.35. The van der Waals surface area contributed by atoms with Crippen LogP contribution in [0.25, 0.3) is 0 Å². The maximum absolute atomic E-state index is 11.6. The lowest BCUT2D eigenvalue weighted by Crippen LogP contribution is -2.52. The average Bonchev–Trinajstić information content (AvgIpc) is 3.11. The van der Waals surface area contributed by atoms with Crippen molar-refractivity contribution < 1.29 is 12.9 Å². The van der Waals surface area contributed by atoms with Gasteiger partial charge in [-0.1, -0.05) is 12.1 Å². The number of piperazine rings is 1. The molecule has 0 aromatic carbocycles. The summed E-state index contributed by atoms with van der Waals surface area (Å²) in [5.74, 6) is 0.869. The fraction of sp³-hybridized carbons (Fsp3) is 0.750. The fourth-order valence-electron chi connectivity index (χ4n) is 3.01. The van der Waals surface area contributed by atoms with Crippen LogP contribution in [0.2, 0.25) is 0 Å². The van der Waals surface area contributed by atoms with Gasteiger partial charge in [0.25, 0.3) is 0 Å². The molecule has 2 heterocycles. The molecular weight excluding hydrogens is 356 g/mol. The van der Waals surface area contributed by atoms with Gasteiger partial charge in [0.1, 0.15) is 6.26 Å². The lowest BCUT2D eigenvalue weighted by Gasteiger charge is -2.36. The average molecular weight is 387 g/mol. The van der Waals surface area contributed by atoms with Gasteiger partial charge < -0.3 is 14.7 Å². The molecule has 148 valence electrons. The van der Waals surface area contributed by atoms with Crippen molar-refractivity contribution in [3.8, 4) is 0 Å². The Morgan fingerprint density at radius 2 is 2.12 bits per heavy atom. The van der Waals surface area contributed by atoms with Crippen molar-refractivity contribution >= 4 is 16.0 Å². The molecule has 0 spiro atoms. The number of guanidine groups is 1. The van der Waals surface area contributed by atoms with Crippen LogP contribution in [0.5, 0.6) is 0 Å². The van der Waals surface area contributed by atoms with Crippen LogP contribution in [-0.4, -0.2) is 92.8 Å². The van der Waals surface area contributed by atoms with Crippen LogP contribution in [-0.2, 0) is 16.6 Å². The maximum Gasteiger partial charge on any atom is 0.211 e. The van der Waals surface area contributed by atoms with Gasteiger partial charge in [-0.05, 0) is 6.42 Å². The van der Waals surface area contributed by atoms with E-state index in [2.05, 4.69) is 25.3 Å². The molecule has 0 bridgehead atoms. The van der Waals surface area contributed by atoms with Gasteiger partial charge in [0.05, 0.1) is 11.9 Å². The van der Waals surface area contributed by atoms with Gasteiger partial charge in [0.2, 0.25) is 10.0 Å². The third kappa shape index (κ3) is 6.26. The van der Waals surface area contributed by atoms with Crippen molar-refractivity contribution in [1.82, 2.24) is 24.6 Å². The minimum absolute atomic E-state index is 0.501. The maximum atomic E-state index is 11.6. The second-order valence-corrected chi connectivity index (χ2v) is 8.32. The molecule has 9 nitrogen and oxygen atoms in total. The van der Waals surface area contributed by atoms with Crippen LogP contribution in [0.15, 0.2) is 21.8 Å². The molecule has 0 unspecified atom stereocenters. The Labute approximate surface area is 156 Å². The highest BCUT2D eigenvalue weighted by molar-refractivity contribution is 7.88. The van der Waals surface area contributed by atoms with Gasteiger partial charge in [-0.3, -0.25) is 9.89 Å². The molecule has 10 heteroatoms. The smallest absolute Gasteiger partial charge is 0.211 e. The molecule has 1 N–H and O–H groups in total. The topological polar surface area (TPSA) is 94.3 Å². The second-order valence-electron chi connectivity index (χ2n) is 6.34. The number of aliphatic imine (C=N–C) groups is 1. The minimum Gasteiger partial charge on any atom is -0.364 e. The number of rotatable bonds is 8. The standard InChI is InChI=1S/C16H30N6O3S/c1-4-22(26(3,23)24)8-5-7-18-16(17-2)21-11-9-20(10-12-21)14-15-6-13-25-19-15/h6,13H,4-5,7-12,14H2,1-3H3,(H,17,18). The summed E-state index contributed by atoms with van der Waals surface area (Å²) in [5, 5.41) is 7.29. The van der Waals surface area contributed by atoms with E-state index in [1.807, 2.05) is 13.0 Å². The molecule has 26 heavy (non-hydrogen) atoms. The predicted octanol–water partition coefficient (Wildman–Crippen LogP) is 0.0392. The Morgan fingerprint density at radius 1 is 1.38 bits per heavy atom. The quantitative estimate of drug-likeness (QED) is 0.383. The van der Waals surface area contributed by atoms with Crippen molar-refractivity contribution in [2.75, 3.05) is 59.1 Å². The number of hydrogen-bond acceptors (Lipinski definition) is 6. The van der Waals surface area contributed by atoms with Crippen LogP contribution in [0.1, 0.15) is 19.0 Å². The Balaban J connectivity index is 1.71. The molecule has 0 aliphatic carbocycles. The molecule has 0 saturated carbocycles. The highest BCUT2D eigenvalue weighted by Crippen LogP contribution is 2.07. The van der Waals surface area contributed by atoms with Crippen molar-refractivity contribution in [3.05, 3.63) is 18.0 Å². The Bertz CT molecular complexity index is 654. The largest absolute Gasteiger partial charge is 0.364 e. The van der Waals surface area contributed by atoms with Gasteiger partial charge in [0, 0.05) is 65.5 Å². The molecule has 1 aliphatic rings. The van der Waals surface area contributed by atoms with E-state index < -0.39 is 10.0 Å². The van der Waals surface area contributed by atoms with Gasteiger partial charge in [-0.15, -0.1) is 0 Å². The fourth-order valence-corrected chi connectivity index (χ4v) is 3.94. The Kier molecular flexibility index (Phi) is 7.85. The first kappa shape index (κ1) is 20.7. The van der Waals surface area contributed by atoms with E-state index in [-0.39, 0.29) is 0 Å². The van der Waals surface area contributed by atoms with E-state index in [0.717, 1.165) is 50.8 Å². The van der Waals surface area contributed by atoms with Crippen LogP contribution in [0.4, 0.5) is 0 Å². The number of hydrogen-bond donors (Lipinski definition) is 1. The van der Waals surface area contributed by atoms with E-state index in [1.54, 1.807) is 13.3 Å². The van der Waals surface area contributed by atoms with Gasteiger partial charge >= 0.3 is 0 Å². The van der Waals surface area contributed by atoms with Crippen molar-refractivity contribution in [1.29, 1.82) is 0 Å². The highest BCUT2D eigenvalue weighted by Gasteiger charge is 2.20. The molecule has 1 aromatic rings. The number of nitrogens with zero attached hydrogens (tertiary/aromatic N) is 5. The van der Waals surface area contributed by atoms with Crippen LogP contribution in [0.3, 0.4) is 0 Å². The molecule has 1 fully saturated rings. The van der Waals surface area contributed by atoms with Gasteiger partial charge in [-0.25, -0.2) is 12.7 Å².